The molecule has 0 radical (unpaired) electrons. The molecule has 0 unspecified atom stereocenters. The fourth-order valence-electron chi connectivity index (χ4n) is 3.13. The van der Waals surface area contributed by atoms with Gasteiger partial charge >= 0.3 is 0 Å². The zero-order valence-corrected chi connectivity index (χ0v) is 13.0. The first-order chi connectivity index (χ1) is 10.8. The predicted octanol–water partition coefficient (Wildman–Crippen LogP) is 3.89. The molecule has 0 N–H and O–H groups in total. The smallest absolute Gasteiger partial charge is 0.226 e. The number of likely N-dealkylation sites (tertiary alicyclic amines) is 1. The average molecular weight is 303 g/mol. The minimum Gasteiger partial charge on any atom is -0.339 e. The fraction of sp³-hybridized carbons (Fsp3) is 0.529. The zero-order valence-electron chi connectivity index (χ0n) is 13.0. The van der Waals surface area contributed by atoms with E-state index in [0.717, 1.165) is 37.2 Å². The van der Waals surface area contributed by atoms with Crippen LogP contribution in [-0.4, -0.2) is 21.6 Å². The molecule has 1 aliphatic heterocycles. The van der Waals surface area contributed by atoms with Gasteiger partial charge in [-0.25, -0.2) is 4.39 Å². The highest BCUT2D eigenvalue weighted by Gasteiger charge is 2.24. The Morgan fingerprint density at radius 2 is 2.23 bits per heavy atom. The number of aryl methyl sites for hydroxylation is 1. The van der Waals surface area contributed by atoms with Crippen LogP contribution in [0.2, 0.25) is 0 Å². The number of halogens is 1. The van der Waals surface area contributed by atoms with E-state index in [1.165, 1.54) is 18.9 Å². The highest BCUT2D eigenvalue weighted by molar-refractivity contribution is 5.20. The summed E-state index contributed by atoms with van der Waals surface area (Å²) in [7, 11) is 0. The lowest BCUT2D eigenvalue weighted by atomic mass is 10.0. The van der Waals surface area contributed by atoms with Gasteiger partial charge in [0.1, 0.15) is 5.82 Å². The van der Waals surface area contributed by atoms with E-state index < -0.39 is 0 Å². The van der Waals surface area contributed by atoms with Crippen LogP contribution in [0.15, 0.2) is 28.8 Å². The van der Waals surface area contributed by atoms with Crippen molar-refractivity contribution in [3.05, 3.63) is 47.4 Å². The third kappa shape index (κ3) is 3.53. The molecule has 0 saturated carbocycles. The van der Waals surface area contributed by atoms with Crippen molar-refractivity contribution in [3.63, 3.8) is 0 Å². The third-order valence-corrected chi connectivity index (χ3v) is 4.25. The molecule has 1 aromatic carbocycles. The van der Waals surface area contributed by atoms with Crippen molar-refractivity contribution in [2.75, 3.05) is 6.54 Å². The molecule has 0 bridgehead atoms. The number of nitrogens with zero attached hydrogens (tertiary/aromatic N) is 3. The minimum absolute atomic E-state index is 0.172. The van der Waals surface area contributed by atoms with Crippen molar-refractivity contribution in [1.29, 1.82) is 0 Å². The van der Waals surface area contributed by atoms with Gasteiger partial charge < -0.3 is 4.52 Å². The lowest BCUT2D eigenvalue weighted by Gasteiger charge is -2.29. The van der Waals surface area contributed by atoms with Gasteiger partial charge in [-0.3, -0.25) is 4.90 Å². The zero-order chi connectivity index (χ0) is 15.4. The van der Waals surface area contributed by atoms with Crippen LogP contribution >= 0.6 is 0 Å². The molecule has 1 aromatic heterocycles. The molecule has 2 aromatic rings. The summed E-state index contributed by atoms with van der Waals surface area (Å²) >= 11 is 0. The van der Waals surface area contributed by atoms with E-state index in [1.54, 1.807) is 12.1 Å². The minimum atomic E-state index is -0.172. The van der Waals surface area contributed by atoms with E-state index in [-0.39, 0.29) is 11.9 Å². The van der Waals surface area contributed by atoms with Crippen LogP contribution in [0.1, 0.15) is 55.9 Å². The number of benzene rings is 1. The monoisotopic (exact) mass is 303 g/mol. The van der Waals surface area contributed by atoms with Crippen LogP contribution in [-0.2, 0) is 13.0 Å². The van der Waals surface area contributed by atoms with Crippen LogP contribution in [0.5, 0.6) is 0 Å². The second-order valence-electron chi connectivity index (χ2n) is 5.85. The van der Waals surface area contributed by atoms with E-state index in [9.17, 15) is 4.39 Å². The summed E-state index contributed by atoms with van der Waals surface area (Å²) in [6.07, 6.45) is 5.34. The molecule has 0 amide bonds. The van der Waals surface area contributed by atoms with Crippen LogP contribution in [0.4, 0.5) is 4.39 Å². The molecule has 1 fully saturated rings. The molecule has 22 heavy (non-hydrogen) atoms. The van der Waals surface area contributed by atoms with Crippen molar-refractivity contribution in [3.8, 4) is 0 Å². The number of aromatic nitrogens is 2. The largest absolute Gasteiger partial charge is 0.339 e. The normalized spacial score (nSPS) is 20.0. The first-order valence-corrected chi connectivity index (χ1v) is 8.07. The second kappa shape index (κ2) is 7.01. The van der Waals surface area contributed by atoms with Crippen LogP contribution in [0.3, 0.4) is 0 Å². The molecule has 1 saturated heterocycles. The summed E-state index contributed by atoms with van der Waals surface area (Å²) in [4.78, 5) is 6.76. The van der Waals surface area contributed by atoms with Gasteiger partial charge in [-0.15, -0.1) is 0 Å². The van der Waals surface area contributed by atoms with Crippen LogP contribution in [0, 0.1) is 5.82 Å². The highest BCUT2D eigenvalue weighted by Crippen LogP contribution is 2.31. The Bertz CT molecular complexity index is 613. The molecule has 4 nitrogen and oxygen atoms in total. The summed E-state index contributed by atoms with van der Waals surface area (Å²) < 4.78 is 18.8. The summed E-state index contributed by atoms with van der Waals surface area (Å²) in [5.41, 5.74) is 1.04. The maximum Gasteiger partial charge on any atom is 0.226 e. The molecular weight excluding hydrogens is 281 g/mol. The van der Waals surface area contributed by atoms with Gasteiger partial charge in [0.05, 0.1) is 6.54 Å². The molecule has 1 aliphatic rings. The molecule has 3 rings (SSSR count). The van der Waals surface area contributed by atoms with Crippen molar-refractivity contribution in [2.24, 2.45) is 0 Å². The van der Waals surface area contributed by atoms with Crippen molar-refractivity contribution < 1.29 is 8.91 Å². The molecule has 5 heteroatoms. The number of rotatable bonds is 4. The van der Waals surface area contributed by atoms with Gasteiger partial charge in [0.25, 0.3) is 0 Å². The van der Waals surface area contributed by atoms with Gasteiger partial charge in [0.2, 0.25) is 5.89 Å². The highest BCUT2D eigenvalue weighted by atomic mass is 19.1. The van der Waals surface area contributed by atoms with Crippen LogP contribution < -0.4 is 0 Å². The topological polar surface area (TPSA) is 42.2 Å². The van der Waals surface area contributed by atoms with E-state index in [1.807, 2.05) is 13.0 Å². The lowest BCUT2D eigenvalue weighted by molar-refractivity contribution is 0.185. The van der Waals surface area contributed by atoms with Crippen molar-refractivity contribution in [2.45, 2.75) is 51.6 Å². The van der Waals surface area contributed by atoms with Gasteiger partial charge in [-0.2, -0.15) is 4.98 Å². The number of hydrogen-bond donors (Lipinski definition) is 0. The quantitative estimate of drug-likeness (QED) is 0.859. The Hall–Kier alpha value is -1.75. The third-order valence-electron chi connectivity index (χ3n) is 4.25. The summed E-state index contributed by atoms with van der Waals surface area (Å²) in [5.74, 6) is 1.22. The van der Waals surface area contributed by atoms with Gasteiger partial charge in [0, 0.05) is 12.5 Å². The first-order valence-electron chi connectivity index (χ1n) is 8.07. The summed E-state index contributed by atoms with van der Waals surface area (Å²) in [5, 5.41) is 4.06. The van der Waals surface area contributed by atoms with E-state index in [2.05, 4.69) is 15.0 Å². The fourth-order valence-corrected chi connectivity index (χ4v) is 3.13. The molecule has 2 heterocycles. The maximum atomic E-state index is 13.6. The van der Waals surface area contributed by atoms with Gasteiger partial charge in [-0.1, -0.05) is 37.1 Å². The Balaban J connectivity index is 1.81. The number of hydrogen-bond acceptors (Lipinski definition) is 4. The van der Waals surface area contributed by atoms with Crippen molar-refractivity contribution in [1.82, 2.24) is 15.0 Å². The van der Waals surface area contributed by atoms with Crippen LogP contribution in [0.25, 0.3) is 0 Å². The summed E-state index contributed by atoms with van der Waals surface area (Å²) in [6, 6.07) is 7.17. The first kappa shape index (κ1) is 15.2. The Morgan fingerprint density at radius 3 is 3.00 bits per heavy atom. The molecule has 0 spiro atoms. The average Bonchev–Trinajstić information content (AvgIpc) is 2.85. The maximum absolute atomic E-state index is 13.6. The molecule has 1 atom stereocenters. The molecular formula is C17H22FN3O. The SMILES string of the molecule is CCc1nc(CN2CCCCC[C@H]2c2cccc(F)c2)no1. The lowest BCUT2D eigenvalue weighted by Crippen LogP contribution is -2.28. The van der Waals surface area contributed by atoms with Gasteiger partial charge in [0.15, 0.2) is 5.82 Å². The Kier molecular flexibility index (Phi) is 4.83. The molecule has 118 valence electrons. The molecule has 0 aliphatic carbocycles. The standard InChI is InChI=1S/C17H22FN3O/c1-2-17-19-16(20-22-17)12-21-10-5-3-4-9-15(21)13-7-6-8-14(18)11-13/h6-8,11,15H,2-5,9-10,12H2,1H3/t15-/m0/s1. The second-order valence-corrected chi connectivity index (χ2v) is 5.85. The van der Waals surface area contributed by atoms with E-state index >= 15 is 0 Å². The summed E-state index contributed by atoms with van der Waals surface area (Å²) in [6.45, 7) is 3.64. The Labute approximate surface area is 130 Å². The van der Waals surface area contributed by atoms with Gasteiger partial charge in [-0.05, 0) is 37.1 Å². The van der Waals surface area contributed by atoms with E-state index in [4.69, 9.17) is 4.52 Å². The Morgan fingerprint density at radius 1 is 1.32 bits per heavy atom. The predicted molar refractivity (Wildman–Crippen MR) is 81.7 cm³/mol. The van der Waals surface area contributed by atoms with E-state index in [0.29, 0.717) is 12.4 Å². The van der Waals surface area contributed by atoms with Crippen molar-refractivity contribution >= 4 is 0 Å².